The van der Waals surface area contributed by atoms with Crippen molar-refractivity contribution in [1.82, 2.24) is 0 Å². The molecule has 1 aliphatic heterocycles. The second-order valence-corrected chi connectivity index (χ2v) is 5.54. The Labute approximate surface area is 112 Å². The first-order chi connectivity index (χ1) is 8.79. The van der Waals surface area contributed by atoms with Crippen molar-refractivity contribution in [3.8, 4) is 0 Å². The van der Waals surface area contributed by atoms with E-state index >= 15 is 0 Å². The molecule has 1 atom stereocenters. The molecule has 3 heteroatoms. The maximum atomic E-state index is 6.19. The summed E-state index contributed by atoms with van der Waals surface area (Å²) < 4.78 is 0. The van der Waals surface area contributed by atoms with E-state index in [1.807, 2.05) is 0 Å². The fraction of sp³-hybridized carbons (Fsp3) is 0.200. The lowest BCUT2D eigenvalue weighted by molar-refractivity contribution is 0.699. The van der Waals surface area contributed by atoms with Crippen molar-refractivity contribution < 1.29 is 0 Å². The molecule has 0 fully saturated rings. The summed E-state index contributed by atoms with van der Waals surface area (Å²) in [7, 11) is 0. The van der Waals surface area contributed by atoms with Gasteiger partial charge in [-0.25, -0.2) is 0 Å². The first-order valence-corrected chi connectivity index (χ1v) is 7.03. The van der Waals surface area contributed by atoms with Crippen LogP contribution in [0.2, 0.25) is 0 Å². The van der Waals surface area contributed by atoms with Crippen LogP contribution in [0.5, 0.6) is 0 Å². The molecule has 0 saturated carbocycles. The van der Waals surface area contributed by atoms with E-state index in [-0.39, 0.29) is 6.04 Å². The number of benzene rings is 2. The molecule has 1 unspecified atom stereocenters. The molecule has 0 spiro atoms. The average Bonchev–Trinajstić information content (AvgIpc) is 2.43. The van der Waals surface area contributed by atoms with Gasteiger partial charge in [0, 0.05) is 15.8 Å². The number of nitrogens with two attached hydrogens (primary N) is 1. The predicted octanol–water partition coefficient (Wildman–Crippen LogP) is 4.30. The van der Waals surface area contributed by atoms with Gasteiger partial charge in [0.2, 0.25) is 0 Å². The van der Waals surface area contributed by atoms with Gasteiger partial charge in [0.05, 0.1) is 11.4 Å². The largest absolute Gasteiger partial charge is 0.353 e. The van der Waals surface area contributed by atoms with Gasteiger partial charge >= 0.3 is 0 Å². The number of para-hydroxylation sites is 2. The van der Waals surface area contributed by atoms with Crippen LogP contribution in [-0.4, -0.2) is 0 Å². The van der Waals surface area contributed by atoms with Crippen LogP contribution in [0.4, 0.5) is 11.4 Å². The highest BCUT2D eigenvalue weighted by molar-refractivity contribution is 7.99. The summed E-state index contributed by atoms with van der Waals surface area (Å²) >= 11 is 1.81. The van der Waals surface area contributed by atoms with Crippen LogP contribution in [-0.2, 0) is 0 Å². The van der Waals surface area contributed by atoms with Crippen LogP contribution in [0.1, 0.15) is 24.9 Å². The van der Waals surface area contributed by atoms with Gasteiger partial charge < -0.3 is 11.1 Å². The van der Waals surface area contributed by atoms with Gasteiger partial charge in [-0.3, -0.25) is 0 Å². The molecule has 0 amide bonds. The summed E-state index contributed by atoms with van der Waals surface area (Å²) in [4.78, 5) is 2.53. The Morgan fingerprint density at radius 1 is 1.11 bits per heavy atom. The molecule has 1 heterocycles. The smallest absolute Gasteiger partial charge is 0.0574 e. The molecule has 0 radical (unpaired) electrons. The number of anilines is 2. The Bertz CT molecular complexity index is 580. The number of hydrogen-bond acceptors (Lipinski definition) is 3. The number of nitrogens with one attached hydrogen (secondary N) is 1. The van der Waals surface area contributed by atoms with Gasteiger partial charge in [0.15, 0.2) is 0 Å². The van der Waals surface area contributed by atoms with E-state index in [1.165, 1.54) is 26.7 Å². The van der Waals surface area contributed by atoms with E-state index < -0.39 is 0 Å². The highest BCUT2D eigenvalue weighted by atomic mass is 32.2. The second kappa shape index (κ2) is 4.67. The monoisotopic (exact) mass is 256 g/mol. The van der Waals surface area contributed by atoms with Crippen LogP contribution in [0, 0.1) is 0 Å². The van der Waals surface area contributed by atoms with Gasteiger partial charge in [0.25, 0.3) is 0 Å². The summed E-state index contributed by atoms with van der Waals surface area (Å²) in [5, 5.41) is 3.52. The van der Waals surface area contributed by atoms with Gasteiger partial charge in [-0.1, -0.05) is 43.0 Å². The van der Waals surface area contributed by atoms with Crippen LogP contribution in [0.25, 0.3) is 0 Å². The van der Waals surface area contributed by atoms with Gasteiger partial charge in [0.1, 0.15) is 0 Å². The molecule has 2 nitrogen and oxygen atoms in total. The van der Waals surface area contributed by atoms with Gasteiger partial charge in [-0.2, -0.15) is 0 Å². The molecule has 0 saturated heterocycles. The topological polar surface area (TPSA) is 38.0 Å². The van der Waals surface area contributed by atoms with Gasteiger partial charge in [-0.15, -0.1) is 0 Å². The summed E-state index contributed by atoms with van der Waals surface area (Å²) in [5.74, 6) is 0. The lowest BCUT2D eigenvalue weighted by atomic mass is 10.0. The normalized spacial score (nSPS) is 14.3. The number of rotatable bonds is 2. The van der Waals surface area contributed by atoms with Crippen molar-refractivity contribution in [2.75, 3.05) is 5.32 Å². The highest BCUT2D eigenvalue weighted by Gasteiger charge is 2.19. The number of hydrogen-bond donors (Lipinski definition) is 2. The van der Waals surface area contributed by atoms with Crippen molar-refractivity contribution in [2.45, 2.75) is 29.2 Å². The molecule has 18 heavy (non-hydrogen) atoms. The fourth-order valence-electron chi connectivity index (χ4n) is 2.21. The van der Waals surface area contributed by atoms with Crippen molar-refractivity contribution in [3.05, 3.63) is 48.0 Å². The molecular formula is C15H16N2S. The third kappa shape index (κ3) is 1.89. The van der Waals surface area contributed by atoms with Gasteiger partial charge in [-0.05, 0) is 30.2 Å². The van der Waals surface area contributed by atoms with E-state index in [4.69, 9.17) is 5.73 Å². The first-order valence-electron chi connectivity index (χ1n) is 6.22. The minimum absolute atomic E-state index is 0.0957. The van der Waals surface area contributed by atoms with E-state index in [1.54, 1.807) is 11.8 Å². The zero-order valence-corrected chi connectivity index (χ0v) is 11.1. The Balaban J connectivity index is 2.07. The van der Waals surface area contributed by atoms with Crippen molar-refractivity contribution in [3.63, 3.8) is 0 Å². The standard InChI is InChI=1S/C15H16N2S/c1-2-11(16)10-6-5-9-14-15(10)17-12-7-3-4-8-13(12)18-14/h3-9,11,17H,2,16H2,1H3. The van der Waals surface area contributed by atoms with Crippen LogP contribution >= 0.6 is 11.8 Å². The SMILES string of the molecule is CCC(N)c1cccc2c1Nc1ccccc1S2. The van der Waals surface area contributed by atoms with Crippen LogP contribution in [0.15, 0.2) is 52.3 Å². The van der Waals surface area contributed by atoms with Crippen molar-refractivity contribution in [2.24, 2.45) is 5.73 Å². The molecular weight excluding hydrogens is 240 g/mol. The van der Waals surface area contributed by atoms with E-state index in [0.29, 0.717) is 0 Å². The zero-order chi connectivity index (χ0) is 12.5. The van der Waals surface area contributed by atoms with Crippen LogP contribution in [0.3, 0.4) is 0 Å². The average molecular weight is 256 g/mol. The lowest BCUT2D eigenvalue weighted by Crippen LogP contribution is -2.12. The molecule has 2 aromatic carbocycles. The Hall–Kier alpha value is -1.45. The summed E-state index contributed by atoms with van der Waals surface area (Å²) in [6.07, 6.45) is 0.949. The first kappa shape index (κ1) is 11.6. The summed E-state index contributed by atoms with van der Waals surface area (Å²) in [6.45, 7) is 2.12. The molecule has 3 rings (SSSR count). The molecule has 0 aliphatic carbocycles. The Morgan fingerprint density at radius 3 is 2.72 bits per heavy atom. The lowest BCUT2D eigenvalue weighted by Gasteiger charge is -2.25. The maximum absolute atomic E-state index is 6.19. The van der Waals surface area contributed by atoms with E-state index in [0.717, 1.165) is 6.42 Å². The maximum Gasteiger partial charge on any atom is 0.0574 e. The number of fused-ring (bicyclic) bond motifs is 2. The highest BCUT2D eigenvalue weighted by Crippen LogP contribution is 2.46. The van der Waals surface area contributed by atoms with E-state index in [2.05, 4.69) is 54.7 Å². The van der Waals surface area contributed by atoms with E-state index in [9.17, 15) is 0 Å². The van der Waals surface area contributed by atoms with Crippen LogP contribution < -0.4 is 11.1 Å². The molecule has 92 valence electrons. The molecule has 3 N–H and O–H groups in total. The minimum Gasteiger partial charge on any atom is -0.353 e. The Morgan fingerprint density at radius 2 is 1.89 bits per heavy atom. The van der Waals surface area contributed by atoms with Crippen molar-refractivity contribution in [1.29, 1.82) is 0 Å². The zero-order valence-electron chi connectivity index (χ0n) is 10.3. The third-order valence-electron chi connectivity index (χ3n) is 3.26. The van der Waals surface area contributed by atoms with Crippen molar-refractivity contribution >= 4 is 23.1 Å². The third-order valence-corrected chi connectivity index (χ3v) is 4.40. The minimum atomic E-state index is 0.0957. The molecule has 0 bridgehead atoms. The quantitative estimate of drug-likeness (QED) is 0.717. The second-order valence-electron chi connectivity index (χ2n) is 4.46. The molecule has 0 aromatic heterocycles. The Kier molecular flexibility index (Phi) is 3.02. The molecule has 1 aliphatic rings. The molecule has 2 aromatic rings. The fourth-order valence-corrected chi connectivity index (χ4v) is 3.24. The summed E-state index contributed by atoms with van der Waals surface area (Å²) in [5.41, 5.74) is 9.74. The summed E-state index contributed by atoms with van der Waals surface area (Å²) in [6, 6.07) is 14.8. The predicted molar refractivity (Wildman–Crippen MR) is 77.5 cm³/mol.